The predicted octanol–water partition coefficient (Wildman–Crippen LogP) is 4.12. The zero-order valence-corrected chi connectivity index (χ0v) is 14.2. The van der Waals surface area contributed by atoms with Crippen molar-refractivity contribution in [2.24, 2.45) is 5.92 Å². The van der Waals surface area contributed by atoms with E-state index in [0.717, 1.165) is 35.1 Å². The SMILES string of the molecule is Cc1ccc(C(=O)O)cc1CC(C)Cc1cc(C(=O)O)ccc1C. The van der Waals surface area contributed by atoms with Gasteiger partial charge in [0.05, 0.1) is 11.1 Å². The first-order chi connectivity index (χ1) is 11.3. The Kier molecular flexibility index (Phi) is 5.39. The second-order valence-corrected chi connectivity index (χ2v) is 6.41. The molecule has 2 rings (SSSR count). The van der Waals surface area contributed by atoms with Crippen LogP contribution in [-0.4, -0.2) is 22.2 Å². The maximum atomic E-state index is 11.1. The highest BCUT2D eigenvalue weighted by Gasteiger charge is 2.13. The van der Waals surface area contributed by atoms with Crippen LogP contribution in [0.2, 0.25) is 0 Å². The number of benzene rings is 2. The number of rotatable bonds is 6. The van der Waals surface area contributed by atoms with E-state index in [1.54, 1.807) is 24.3 Å². The minimum atomic E-state index is -0.922. The summed E-state index contributed by atoms with van der Waals surface area (Å²) >= 11 is 0. The van der Waals surface area contributed by atoms with Gasteiger partial charge in [0.2, 0.25) is 0 Å². The first-order valence-electron chi connectivity index (χ1n) is 7.93. The number of carboxylic acids is 2. The van der Waals surface area contributed by atoms with Gasteiger partial charge in [-0.1, -0.05) is 19.1 Å². The molecule has 126 valence electrons. The molecule has 2 aromatic rings. The normalized spacial score (nSPS) is 10.8. The largest absolute Gasteiger partial charge is 0.478 e. The molecule has 0 saturated carbocycles. The molecular formula is C20H22O4. The third-order valence-electron chi connectivity index (χ3n) is 4.33. The fraction of sp³-hybridized carbons (Fsp3) is 0.300. The molecule has 24 heavy (non-hydrogen) atoms. The topological polar surface area (TPSA) is 74.6 Å². The Morgan fingerprint density at radius 3 is 1.54 bits per heavy atom. The monoisotopic (exact) mass is 326 g/mol. The molecule has 0 fully saturated rings. The molecule has 0 atom stereocenters. The van der Waals surface area contributed by atoms with Crippen LogP contribution in [0.15, 0.2) is 36.4 Å². The average molecular weight is 326 g/mol. The van der Waals surface area contributed by atoms with Gasteiger partial charge in [0.15, 0.2) is 0 Å². The van der Waals surface area contributed by atoms with E-state index >= 15 is 0 Å². The number of aromatic carboxylic acids is 2. The summed E-state index contributed by atoms with van der Waals surface area (Å²) in [7, 11) is 0. The summed E-state index contributed by atoms with van der Waals surface area (Å²) in [5.74, 6) is -1.57. The summed E-state index contributed by atoms with van der Waals surface area (Å²) in [6.07, 6.45) is 1.51. The molecule has 0 radical (unpaired) electrons. The van der Waals surface area contributed by atoms with E-state index in [1.807, 2.05) is 26.0 Å². The van der Waals surface area contributed by atoms with Gasteiger partial charge in [-0.05, 0) is 79.1 Å². The van der Waals surface area contributed by atoms with Gasteiger partial charge in [-0.2, -0.15) is 0 Å². The quantitative estimate of drug-likeness (QED) is 0.837. The van der Waals surface area contributed by atoms with Gasteiger partial charge in [0, 0.05) is 0 Å². The maximum Gasteiger partial charge on any atom is 0.335 e. The van der Waals surface area contributed by atoms with Crippen LogP contribution in [0.4, 0.5) is 0 Å². The second-order valence-electron chi connectivity index (χ2n) is 6.41. The zero-order chi connectivity index (χ0) is 17.9. The molecule has 0 spiro atoms. The summed E-state index contributed by atoms with van der Waals surface area (Å²) in [4.78, 5) is 22.3. The molecule has 0 amide bonds. The Balaban J connectivity index is 2.18. The molecule has 0 bridgehead atoms. The number of hydrogen-bond donors (Lipinski definition) is 2. The Morgan fingerprint density at radius 1 is 0.833 bits per heavy atom. The highest BCUT2D eigenvalue weighted by Crippen LogP contribution is 2.21. The van der Waals surface area contributed by atoms with Crippen molar-refractivity contribution in [3.8, 4) is 0 Å². The minimum Gasteiger partial charge on any atom is -0.478 e. The second kappa shape index (κ2) is 7.30. The minimum absolute atomic E-state index is 0.274. The van der Waals surface area contributed by atoms with Gasteiger partial charge in [-0.3, -0.25) is 0 Å². The fourth-order valence-corrected chi connectivity index (χ4v) is 2.87. The van der Waals surface area contributed by atoms with Crippen molar-refractivity contribution in [3.63, 3.8) is 0 Å². The summed E-state index contributed by atoms with van der Waals surface area (Å²) in [6.45, 7) is 6.05. The van der Waals surface area contributed by atoms with Crippen LogP contribution in [0.3, 0.4) is 0 Å². The van der Waals surface area contributed by atoms with Crippen molar-refractivity contribution >= 4 is 11.9 Å². The smallest absolute Gasteiger partial charge is 0.335 e. The van der Waals surface area contributed by atoms with Gasteiger partial charge in [0.25, 0.3) is 0 Å². The van der Waals surface area contributed by atoms with Crippen molar-refractivity contribution in [2.45, 2.75) is 33.6 Å². The van der Waals surface area contributed by atoms with Gasteiger partial charge >= 0.3 is 11.9 Å². The third-order valence-corrected chi connectivity index (χ3v) is 4.33. The zero-order valence-electron chi connectivity index (χ0n) is 14.2. The Labute approximate surface area is 141 Å². The van der Waals surface area contributed by atoms with E-state index in [-0.39, 0.29) is 5.92 Å². The van der Waals surface area contributed by atoms with Gasteiger partial charge in [-0.15, -0.1) is 0 Å². The van der Waals surface area contributed by atoms with Crippen LogP contribution in [0.5, 0.6) is 0 Å². The van der Waals surface area contributed by atoms with Crippen molar-refractivity contribution in [2.75, 3.05) is 0 Å². The maximum absolute atomic E-state index is 11.1. The lowest BCUT2D eigenvalue weighted by Crippen LogP contribution is -2.09. The Morgan fingerprint density at radius 2 is 1.21 bits per heavy atom. The number of carboxylic acid groups (broad SMARTS) is 2. The van der Waals surface area contributed by atoms with Crippen LogP contribution in [-0.2, 0) is 12.8 Å². The number of aryl methyl sites for hydroxylation is 2. The summed E-state index contributed by atoms with van der Waals surface area (Å²) in [6, 6.07) is 10.4. The highest BCUT2D eigenvalue weighted by atomic mass is 16.4. The Hall–Kier alpha value is -2.62. The third kappa shape index (κ3) is 4.22. The van der Waals surface area contributed by atoms with E-state index < -0.39 is 11.9 Å². The molecular weight excluding hydrogens is 304 g/mol. The predicted molar refractivity (Wildman–Crippen MR) is 92.8 cm³/mol. The highest BCUT2D eigenvalue weighted by molar-refractivity contribution is 5.88. The van der Waals surface area contributed by atoms with Crippen LogP contribution in [0.25, 0.3) is 0 Å². The molecule has 4 heteroatoms. The molecule has 0 aliphatic heterocycles. The van der Waals surface area contributed by atoms with Crippen molar-refractivity contribution < 1.29 is 19.8 Å². The van der Waals surface area contributed by atoms with E-state index in [4.69, 9.17) is 10.2 Å². The van der Waals surface area contributed by atoms with Crippen molar-refractivity contribution in [3.05, 3.63) is 69.8 Å². The average Bonchev–Trinajstić information content (AvgIpc) is 2.51. The lowest BCUT2D eigenvalue weighted by Gasteiger charge is -2.16. The standard InChI is InChI=1S/C20H22O4/c1-12(8-17-10-15(19(21)22)6-4-13(17)2)9-18-11-16(20(23)24)7-5-14(18)3/h4-7,10-12H,8-9H2,1-3H3,(H,21,22)(H,23,24). The van der Waals surface area contributed by atoms with Crippen molar-refractivity contribution in [1.29, 1.82) is 0 Å². The summed E-state index contributed by atoms with van der Waals surface area (Å²) < 4.78 is 0. The lowest BCUT2D eigenvalue weighted by molar-refractivity contribution is 0.0686. The first kappa shape index (κ1) is 17.7. The van der Waals surface area contributed by atoms with Crippen LogP contribution < -0.4 is 0 Å². The van der Waals surface area contributed by atoms with E-state index in [0.29, 0.717) is 11.1 Å². The fourth-order valence-electron chi connectivity index (χ4n) is 2.87. The molecule has 2 aromatic carbocycles. The van der Waals surface area contributed by atoms with Crippen molar-refractivity contribution in [1.82, 2.24) is 0 Å². The van der Waals surface area contributed by atoms with E-state index in [2.05, 4.69) is 6.92 Å². The van der Waals surface area contributed by atoms with Crippen LogP contribution in [0.1, 0.15) is 49.9 Å². The lowest BCUT2D eigenvalue weighted by atomic mass is 9.89. The first-order valence-corrected chi connectivity index (χ1v) is 7.93. The molecule has 0 aliphatic carbocycles. The summed E-state index contributed by atoms with van der Waals surface area (Å²) in [5.41, 5.74) is 4.79. The number of carbonyl (C=O) groups is 2. The summed E-state index contributed by atoms with van der Waals surface area (Å²) in [5, 5.41) is 18.3. The number of hydrogen-bond acceptors (Lipinski definition) is 2. The van der Waals surface area contributed by atoms with Crippen LogP contribution >= 0.6 is 0 Å². The molecule has 0 saturated heterocycles. The Bertz CT molecular complexity index is 712. The van der Waals surface area contributed by atoms with Gasteiger partial charge in [-0.25, -0.2) is 9.59 Å². The molecule has 0 heterocycles. The van der Waals surface area contributed by atoms with Gasteiger partial charge in [0.1, 0.15) is 0 Å². The molecule has 0 aromatic heterocycles. The van der Waals surface area contributed by atoms with E-state index in [9.17, 15) is 9.59 Å². The molecule has 2 N–H and O–H groups in total. The van der Waals surface area contributed by atoms with Gasteiger partial charge < -0.3 is 10.2 Å². The van der Waals surface area contributed by atoms with E-state index in [1.165, 1.54) is 0 Å². The molecule has 4 nitrogen and oxygen atoms in total. The molecule has 0 unspecified atom stereocenters. The molecule has 0 aliphatic rings. The van der Waals surface area contributed by atoms with Crippen LogP contribution in [0, 0.1) is 19.8 Å².